The van der Waals surface area contributed by atoms with Gasteiger partial charge in [0.25, 0.3) is 0 Å². The fraction of sp³-hybridized carbons (Fsp3) is 0.722. The predicted molar refractivity (Wildman–Crippen MR) is 90.2 cm³/mol. The Hall–Kier alpha value is -1.85. The number of unbranched alkanes of at least 4 members (excludes halogenated alkanes) is 3. The first-order valence-electron chi connectivity index (χ1n) is 8.94. The van der Waals surface area contributed by atoms with Gasteiger partial charge >= 0.3 is 5.97 Å². The van der Waals surface area contributed by atoms with E-state index >= 15 is 0 Å². The first-order chi connectivity index (χ1) is 11.5. The van der Waals surface area contributed by atoms with Crippen molar-refractivity contribution < 1.29 is 19.5 Å². The van der Waals surface area contributed by atoms with Gasteiger partial charge < -0.3 is 15.7 Å². The Balaban J connectivity index is 1.77. The maximum Gasteiger partial charge on any atom is 0.329 e. The molecule has 1 unspecified atom stereocenters. The van der Waals surface area contributed by atoms with Gasteiger partial charge in [-0.1, -0.05) is 18.9 Å². The van der Waals surface area contributed by atoms with E-state index in [2.05, 4.69) is 17.2 Å². The smallest absolute Gasteiger partial charge is 0.329 e. The summed E-state index contributed by atoms with van der Waals surface area (Å²) in [5, 5.41) is 14.8. The van der Waals surface area contributed by atoms with E-state index in [-0.39, 0.29) is 17.7 Å². The van der Waals surface area contributed by atoms with Crippen molar-refractivity contribution in [2.75, 3.05) is 6.54 Å². The molecule has 3 N–H and O–H groups in total. The van der Waals surface area contributed by atoms with Crippen LogP contribution in [0.1, 0.15) is 57.8 Å². The van der Waals surface area contributed by atoms with Crippen LogP contribution in [-0.2, 0) is 14.4 Å². The zero-order chi connectivity index (χ0) is 17.6. The van der Waals surface area contributed by atoms with Gasteiger partial charge in [0.15, 0.2) is 0 Å². The van der Waals surface area contributed by atoms with Crippen LogP contribution in [0.25, 0.3) is 0 Å². The van der Waals surface area contributed by atoms with Gasteiger partial charge in [-0.25, -0.2) is 4.79 Å². The largest absolute Gasteiger partial charge is 0.480 e. The topological polar surface area (TPSA) is 95.5 Å². The number of carboxylic acids is 1. The Morgan fingerprint density at radius 1 is 1.08 bits per heavy atom. The molecule has 24 heavy (non-hydrogen) atoms. The number of carbonyl (C=O) groups excluding carboxylic acids is 2. The molecule has 0 aliphatic heterocycles. The van der Waals surface area contributed by atoms with Gasteiger partial charge in [-0.05, 0) is 44.9 Å². The minimum absolute atomic E-state index is 0.0726. The molecule has 2 fully saturated rings. The number of aliphatic carboxylic acids is 1. The van der Waals surface area contributed by atoms with E-state index in [0.29, 0.717) is 32.2 Å². The fourth-order valence-corrected chi connectivity index (χ4v) is 3.37. The van der Waals surface area contributed by atoms with E-state index in [0.717, 1.165) is 32.1 Å². The van der Waals surface area contributed by atoms with Crippen molar-refractivity contribution >= 4 is 17.8 Å². The predicted octanol–water partition coefficient (Wildman–Crippen LogP) is 2.00. The van der Waals surface area contributed by atoms with Gasteiger partial charge in [0, 0.05) is 18.4 Å². The second kappa shape index (κ2) is 8.31. The molecule has 0 bridgehead atoms. The standard InChI is InChI=1S/C18H28N2O4/c1-2-3-4-5-6-12-19-15(21)13-8-7-9-14(13)16(22)20-18(10-11-18)17(23)24/h2,13-14H,1,3-12H2,(H,19,21)(H,20,22)(H,23,24)/t13?,14-/m1/s1. The minimum Gasteiger partial charge on any atom is -0.480 e. The summed E-state index contributed by atoms with van der Waals surface area (Å²) >= 11 is 0. The summed E-state index contributed by atoms with van der Waals surface area (Å²) in [6.07, 6.45) is 9.05. The maximum atomic E-state index is 12.4. The van der Waals surface area contributed by atoms with Crippen LogP contribution in [0.2, 0.25) is 0 Å². The summed E-state index contributed by atoms with van der Waals surface area (Å²) < 4.78 is 0. The average molecular weight is 336 g/mol. The highest BCUT2D eigenvalue weighted by Gasteiger charge is 2.53. The van der Waals surface area contributed by atoms with Gasteiger partial charge in [0.05, 0.1) is 0 Å². The van der Waals surface area contributed by atoms with Gasteiger partial charge in [-0.3, -0.25) is 9.59 Å². The molecule has 0 radical (unpaired) electrons. The highest BCUT2D eigenvalue weighted by atomic mass is 16.4. The van der Waals surface area contributed by atoms with Crippen molar-refractivity contribution in [1.82, 2.24) is 10.6 Å². The second-order valence-electron chi connectivity index (χ2n) is 6.95. The highest BCUT2D eigenvalue weighted by Crippen LogP contribution is 2.38. The molecule has 6 nitrogen and oxygen atoms in total. The Morgan fingerprint density at radius 3 is 2.33 bits per heavy atom. The van der Waals surface area contributed by atoms with Crippen molar-refractivity contribution in [2.24, 2.45) is 11.8 Å². The van der Waals surface area contributed by atoms with Crippen LogP contribution in [0.4, 0.5) is 0 Å². The minimum atomic E-state index is -1.08. The zero-order valence-electron chi connectivity index (χ0n) is 14.2. The van der Waals surface area contributed by atoms with Crippen LogP contribution in [0.5, 0.6) is 0 Å². The molecule has 2 atom stereocenters. The molecule has 0 saturated heterocycles. The summed E-state index contributed by atoms with van der Waals surface area (Å²) in [7, 11) is 0. The van der Waals surface area contributed by atoms with E-state index in [9.17, 15) is 19.5 Å². The molecule has 0 aromatic carbocycles. The highest BCUT2D eigenvalue weighted by molar-refractivity contribution is 5.93. The van der Waals surface area contributed by atoms with Crippen LogP contribution in [0, 0.1) is 11.8 Å². The number of hydrogen-bond donors (Lipinski definition) is 3. The lowest BCUT2D eigenvalue weighted by molar-refractivity contribution is -0.144. The number of carbonyl (C=O) groups is 3. The summed E-state index contributed by atoms with van der Waals surface area (Å²) in [4.78, 5) is 35.9. The molecule has 2 aliphatic rings. The van der Waals surface area contributed by atoms with Gasteiger partial charge in [-0.2, -0.15) is 0 Å². The molecule has 134 valence electrons. The molecule has 2 aliphatic carbocycles. The normalized spacial score (nSPS) is 24.2. The molecule has 0 spiro atoms. The monoisotopic (exact) mass is 336 g/mol. The van der Waals surface area contributed by atoms with Crippen molar-refractivity contribution in [3.8, 4) is 0 Å². The Kier molecular flexibility index (Phi) is 6.40. The van der Waals surface area contributed by atoms with Gasteiger partial charge in [0.2, 0.25) is 11.8 Å². The van der Waals surface area contributed by atoms with Crippen LogP contribution in [0.15, 0.2) is 12.7 Å². The molecule has 2 amide bonds. The summed E-state index contributed by atoms with van der Waals surface area (Å²) in [5.74, 6) is -2.06. The van der Waals surface area contributed by atoms with Crippen LogP contribution in [-0.4, -0.2) is 35.0 Å². The number of hydrogen-bond acceptors (Lipinski definition) is 3. The van der Waals surface area contributed by atoms with Crippen molar-refractivity contribution in [2.45, 2.75) is 63.3 Å². The lowest BCUT2D eigenvalue weighted by Gasteiger charge is -2.21. The van der Waals surface area contributed by atoms with Crippen LogP contribution < -0.4 is 10.6 Å². The quantitative estimate of drug-likeness (QED) is 0.420. The van der Waals surface area contributed by atoms with E-state index in [1.54, 1.807) is 0 Å². The third-order valence-electron chi connectivity index (χ3n) is 5.10. The van der Waals surface area contributed by atoms with Crippen LogP contribution in [0.3, 0.4) is 0 Å². The first kappa shape index (κ1) is 18.5. The number of rotatable bonds is 10. The number of carboxylic acid groups (broad SMARTS) is 1. The molecule has 6 heteroatoms. The van der Waals surface area contributed by atoms with Crippen molar-refractivity contribution in [3.05, 3.63) is 12.7 Å². The van der Waals surface area contributed by atoms with E-state index in [4.69, 9.17) is 0 Å². The molecular formula is C18H28N2O4. The number of nitrogens with one attached hydrogen (secondary N) is 2. The van der Waals surface area contributed by atoms with Gasteiger partial charge in [0.1, 0.15) is 5.54 Å². The Morgan fingerprint density at radius 2 is 1.75 bits per heavy atom. The SMILES string of the molecule is C=CCCCCCNC(=O)C1CCC[C@H]1C(=O)NC1(C(=O)O)CC1. The summed E-state index contributed by atoms with van der Waals surface area (Å²) in [5.41, 5.74) is -1.08. The third-order valence-corrected chi connectivity index (χ3v) is 5.10. The first-order valence-corrected chi connectivity index (χ1v) is 8.94. The molecular weight excluding hydrogens is 308 g/mol. The van der Waals surface area contributed by atoms with Crippen LogP contribution >= 0.6 is 0 Å². The molecule has 0 aromatic heterocycles. The third kappa shape index (κ3) is 4.58. The van der Waals surface area contributed by atoms with E-state index in [1.165, 1.54) is 0 Å². The lowest BCUT2D eigenvalue weighted by atomic mass is 9.93. The molecule has 0 heterocycles. The summed E-state index contributed by atoms with van der Waals surface area (Å²) in [6.45, 7) is 4.30. The zero-order valence-corrected chi connectivity index (χ0v) is 14.2. The van der Waals surface area contributed by atoms with Gasteiger partial charge in [-0.15, -0.1) is 6.58 Å². The number of amides is 2. The molecule has 2 rings (SSSR count). The Bertz CT molecular complexity index is 499. The average Bonchev–Trinajstić information content (AvgIpc) is 3.16. The van der Waals surface area contributed by atoms with E-state index in [1.807, 2.05) is 6.08 Å². The van der Waals surface area contributed by atoms with Crippen molar-refractivity contribution in [3.63, 3.8) is 0 Å². The summed E-state index contributed by atoms with van der Waals surface area (Å²) in [6, 6.07) is 0. The second-order valence-corrected chi connectivity index (χ2v) is 6.95. The molecule has 2 saturated carbocycles. The lowest BCUT2D eigenvalue weighted by Crippen LogP contribution is -2.48. The Labute approximate surface area is 143 Å². The fourth-order valence-electron chi connectivity index (χ4n) is 3.37. The molecule has 0 aromatic rings. The number of allylic oxidation sites excluding steroid dienone is 1. The maximum absolute atomic E-state index is 12.4. The van der Waals surface area contributed by atoms with Crippen molar-refractivity contribution in [1.29, 1.82) is 0 Å². The van der Waals surface area contributed by atoms with E-state index < -0.39 is 17.4 Å².